The van der Waals surface area contributed by atoms with Crippen molar-refractivity contribution in [1.29, 1.82) is 0 Å². The monoisotopic (exact) mass is 456 g/mol. The first kappa shape index (κ1) is 23.7. The molecule has 1 amide bonds. The Morgan fingerprint density at radius 2 is 1.62 bits per heavy atom. The van der Waals surface area contributed by atoms with E-state index < -0.39 is 17.4 Å². The van der Waals surface area contributed by atoms with Gasteiger partial charge in [-0.2, -0.15) is 0 Å². The van der Waals surface area contributed by atoms with Crippen LogP contribution >= 0.6 is 0 Å². The molecule has 0 saturated carbocycles. The summed E-state index contributed by atoms with van der Waals surface area (Å²) < 4.78 is 0. The van der Waals surface area contributed by atoms with Gasteiger partial charge in [0, 0.05) is 5.69 Å². The van der Waals surface area contributed by atoms with Crippen LogP contribution in [-0.4, -0.2) is 22.5 Å². The van der Waals surface area contributed by atoms with Crippen LogP contribution in [0.1, 0.15) is 48.4 Å². The summed E-state index contributed by atoms with van der Waals surface area (Å²) in [5.74, 6) is -2.01. The third-order valence-corrected chi connectivity index (χ3v) is 6.92. The quantitative estimate of drug-likeness (QED) is 0.528. The van der Waals surface area contributed by atoms with Crippen molar-refractivity contribution in [3.05, 3.63) is 101 Å². The molecule has 2 atom stereocenters. The van der Waals surface area contributed by atoms with Crippen molar-refractivity contribution < 1.29 is 14.7 Å². The van der Waals surface area contributed by atoms with E-state index >= 15 is 0 Å². The van der Waals surface area contributed by atoms with Crippen molar-refractivity contribution in [2.75, 3.05) is 4.90 Å². The number of fused-ring (bicyclic) bond motifs is 1. The molecule has 0 bridgehead atoms. The first-order valence-electron chi connectivity index (χ1n) is 11.8. The Labute approximate surface area is 201 Å². The van der Waals surface area contributed by atoms with Crippen LogP contribution in [0.25, 0.3) is 0 Å². The molecule has 1 heterocycles. The van der Waals surface area contributed by atoms with E-state index in [9.17, 15) is 14.7 Å². The van der Waals surface area contributed by atoms with Gasteiger partial charge in [0.25, 0.3) is 0 Å². The number of rotatable bonds is 7. The molecule has 0 spiro atoms. The molecule has 0 aliphatic carbocycles. The number of carboxylic acid groups (broad SMARTS) is 1. The molecule has 0 saturated heterocycles. The Hall–Kier alpha value is -3.44. The van der Waals surface area contributed by atoms with Gasteiger partial charge in [-0.05, 0) is 53.5 Å². The fourth-order valence-electron chi connectivity index (χ4n) is 4.81. The summed E-state index contributed by atoms with van der Waals surface area (Å²) in [4.78, 5) is 28.2. The number of carbonyl (C=O) groups is 2. The van der Waals surface area contributed by atoms with Crippen molar-refractivity contribution in [3.63, 3.8) is 0 Å². The molecular formula is C29H32N2O3. The number of amides is 1. The number of anilines is 1. The summed E-state index contributed by atoms with van der Waals surface area (Å²) in [6.45, 7) is 4.63. The zero-order valence-corrected chi connectivity index (χ0v) is 19.8. The molecule has 0 aromatic heterocycles. The first-order valence-corrected chi connectivity index (χ1v) is 11.8. The zero-order chi connectivity index (χ0) is 24.3. The molecule has 0 fully saturated rings. The van der Waals surface area contributed by atoms with Gasteiger partial charge in [0.15, 0.2) is 0 Å². The number of para-hydroxylation sites is 1. The van der Waals surface area contributed by atoms with Crippen molar-refractivity contribution in [3.8, 4) is 0 Å². The van der Waals surface area contributed by atoms with Crippen LogP contribution in [-0.2, 0) is 29.0 Å². The van der Waals surface area contributed by atoms with Crippen molar-refractivity contribution in [1.82, 2.24) is 0 Å². The third-order valence-electron chi connectivity index (χ3n) is 6.92. The molecular weight excluding hydrogens is 424 g/mol. The fourth-order valence-corrected chi connectivity index (χ4v) is 4.81. The number of nitrogens with two attached hydrogens (primary N) is 1. The summed E-state index contributed by atoms with van der Waals surface area (Å²) in [5, 5.41) is 10.2. The minimum absolute atomic E-state index is 0.200. The number of aliphatic carboxylic acids is 1. The van der Waals surface area contributed by atoms with Gasteiger partial charge < -0.3 is 15.7 Å². The molecule has 1 aliphatic rings. The number of benzene rings is 3. The second kappa shape index (κ2) is 9.82. The maximum atomic E-state index is 14.1. The fraction of sp³-hybridized carbons (Fsp3) is 0.310. The highest BCUT2D eigenvalue weighted by Crippen LogP contribution is 2.36. The topological polar surface area (TPSA) is 83.6 Å². The maximum absolute atomic E-state index is 14.1. The van der Waals surface area contributed by atoms with E-state index in [4.69, 9.17) is 5.73 Å². The van der Waals surface area contributed by atoms with Crippen molar-refractivity contribution in [2.45, 2.75) is 51.1 Å². The van der Waals surface area contributed by atoms with Crippen LogP contribution < -0.4 is 10.6 Å². The van der Waals surface area contributed by atoms with Gasteiger partial charge in [-0.25, -0.2) is 0 Å². The largest absolute Gasteiger partial charge is 0.481 e. The van der Waals surface area contributed by atoms with Crippen LogP contribution in [0.4, 0.5) is 5.69 Å². The van der Waals surface area contributed by atoms with E-state index in [1.807, 2.05) is 66.7 Å². The van der Waals surface area contributed by atoms with Gasteiger partial charge in [-0.15, -0.1) is 0 Å². The molecule has 1 aliphatic heterocycles. The minimum Gasteiger partial charge on any atom is -0.481 e. The summed E-state index contributed by atoms with van der Waals surface area (Å²) in [6.07, 6.45) is 1.01. The Bertz CT molecular complexity index is 1160. The lowest BCUT2D eigenvalue weighted by Gasteiger charge is -2.36. The van der Waals surface area contributed by atoms with E-state index in [-0.39, 0.29) is 18.7 Å². The third kappa shape index (κ3) is 4.75. The zero-order valence-electron chi connectivity index (χ0n) is 19.8. The highest BCUT2D eigenvalue weighted by Gasteiger charge is 2.49. The Kier molecular flexibility index (Phi) is 6.85. The summed E-state index contributed by atoms with van der Waals surface area (Å²) in [7, 11) is 0. The van der Waals surface area contributed by atoms with Gasteiger partial charge in [0.1, 0.15) is 5.54 Å². The maximum Gasteiger partial charge on any atom is 0.309 e. The molecule has 34 heavy (non-hydrogen) atoms. The smallest absolute Gasteiger partial charge is 0.309 e. The van der Waals surface area contributed by atoms with Gasteiger partial charge in [-0.3, -0.25) is 9.59 Å². The second-order valence-electron chi connectivity index (χ2n) is 9.54. The lowest BCUT2D eigenvalue weighted by atomic mass is 9.76. The molecule has 3 aromatic carbocycles. The Morgan fingerprint density at radius 1 is 0.971 bits per heavy atom. The molecule has 3 aromatic rings. The van der Waals surface area contributed by atoms with Gasteiger partial charge >= 0.3 is 5.97 Å². The summed E-state index contributed by atoms with van der Waals surface area (Å²) >= 11 is 0. The highest BCUT2D eigenvalue weighted by atomic mass is 16.4. The molecule has 5 heteroatoms. The van der Waals surface area contributed by atoms with Crippen LogP contribution in [0.3, 0.4) is 0 Å². The summed E-state index contributed by atoms with van der Waals surface area (Å²) in [6, 6.07) is 25.4. The molecule has 176 valence electrons. The minimum atomic E-state index is -1.53. The molecule has 1 unspecified atom stereocenters. The number of hydrogen-bond donors (Lipinski definition) is 2. The molecule has 0 radical (unpaired) electrons. The molecule has 4 rings (SSSR count). The van der Waals surface area contributed by atoms with Gasteiger partial charge in [-0.1, -0.05) is 86.6 Å². The number of aryl methyl sites for hydroxylation is 1. The van der Waals surface area contributed by atoms with Crippen molar-refractivity contribution in [2.24, 2.45) is 11.7 Å². The standard InChI is InChI=1S/C29H32N2O3/c1-20(2)23-14-12-22(13-15-23)19-31-26-11-7-6-10-24(26)16-17-29(30,28(31)34)25(27(32)33)18-21-8-4-3-5-9-21/h3-15,20,25H,16-19,30H2,1-2H3,(H,32,33)/t25-,29?/m1/s1. The first-order chi connectivity index (χ1) is 16.3. The van der Waals surface area contributed by atoms with E-state index in [0.717, 1.165) is 22.4 Å². The number of carboxylic acids is 1. The second-order valence-corrected chi connectivity index (χ2v) is 9.54. The molecule has 5 nitrogen and oxygen atoms in total. The van der Waals surface area contributed by atoms with Gasteiger partial charge in [0.05, 0.1) is 12.5 Å². The SMILES string of the molecule is CC(C)c1ccc(CN2C(=O)C(N)([C@H](Cc3ccccc3)C(=O)O)CCc3ccccc32)cc1. The van der Waals surface area contributed by atoms with E-state index in [0.29, 0.717) is 18.9 Å². The van der Waals surface area contributed by atoms with Crippen LogP contribution in [0.5, 0.6) is 0 Å². The summed E-state index contributed by atoms with van der Waals surface area (Å²) in [5.41, 5.74) is 10.1. The normalized spacial score (nSPS) is 18.9. The number of nitrogens with zero attached hydrogens (tertiary/aromatic N) is 1. The number of carbonyl (C=O) groups excluding carboxylic acids is 1. The number of hydrogen-bond acceptors (Lipinski definition) is 3. The van der Waals surface area contributed by atoms with E-state index in [2.05, 4.69) is 26.0 Å². The van der Waals surface area contributed by atoms with Gasteiger partial charge in [0.2, 0.25) is 5.91 Å². The Morgan fingerprint density at radius 3 is 2.26 bits per heavy atom. The average Bonchev–Trinajstić information content (AvgIpc) is 2.94. The highest BCUT2D eigenvalue weighted by molar-refractivity contribution is 6.04. The lowest BCUT2D eigenvalue weighted by Crippen LogP contribution is -2.61. The predicted molar refractivity (Wildman–Crippen MR) is 135 cm³/mol. The van der Waals surface area contributed by atoms with Crippen LogP contribution in [0.2, 0.25) is 0 Å². The average molecular weight is 457 g/mol. The molecule has 3 N–H and O–H groups in total. The lowest BCUT2D eigenvalue weighted by molar-refractivity contribution is -0.148. The van der Waals surface area contributed by atoms with E-state index in [1.165, 1.54) is 5.56 Å². The van der Waals surface area contributed by atoms with Crippen molar-refractivity contribution >= 4 is 17.6 Å². The van der Waals surface area contributed by atoms with Crippen LogP contribution in [0.15, 0.2) is 78.9 Å². The predicted octanol–water partition coefficient (Wildman–Crippen LogP) is 4.93. The van der Waals surface area contributed by atoms with Crippen LogP contribution in [0, 0.1) is 5.92 Å². The van der Waals surface area contributed by atoms with E-state index in [1.54, 1.807) is 4.90 Å². The Balaban J connectivity index is 1.72.